The van der Waals surface area contributed by atoms with Crippen molar-refractivity contribution in [2.45, 2.75) is 22.4 Å². The number of methoxy groups -OCH3 is 1. The third-order valence-electron chi connectivity index (χ3n) is 2.80. The number of ether oxygens (including phenoxy) is 1. The molecule has 4 heteroatoms. The van der Waals surface area contributed by atoms with Crippen LogP contribution in [0.25, 0.3) is 0 Å². The molecule has 0 amide bonds. The van der Waals surface area contributed by atoms with Gasteiger partial charge in [-0.2, -0.15) is 0 Å². The van der Waals surface area contributed by atoms with E-state index in [4.69, 9.17) is 10.5 Å². The van der Waals surface area contributed by atoms with Gasteiger partial charge in [-0.1, -0.05) is 25.1 Å². The molecule has 0 aliphatic carbocycles. The van der Waals surface area contributed by atoms with Gasteiger partial charge < -0.3 is 10.5 Å². The lowest BCUT2D eigenvalue weighted by Crippen LogP contribution is -2.20. The highest BCUT2D eigenvalue weighted by Gasteiger charge is 2.16. The lowest BCUT2D eigenvalue weighted by atomic mass is 10.1. The molecule has 0 spiro atoms. The predicted octanol–water partition coefficient (Wildman–Crippen LogP) is 3.94. The first-order chi connectivity index (χ1) is 8.70. The zero-order valence-electron chi connectivity index (χ0n) is 10.5. The lowest BCUT2D eigenvalue weighted by Gasteiger charge is -2.19. The van der Waals surface area contributed by atoms with E-state index in [2.05, 4.69) is 24.4 Å². The first kappa shape index (κ1) is 13.5. The second-order valence-corrected chi connectivity index (χ2v) is 6.68. The number of thioether (sulfide) groups is 1. The van der Waals surface area contributed by atoms with Gasteiger partial charge in [0.1, 0.15) is 5.75 Å². The molecule has 0 aliphatic rings. The maximum atomic E-state index is 6.29. The number of rotatable bonds is 5. The van der Waals surface area contributed by atoms with Crippen LogP contribution in [-0.4, -0.2) is 12.4 Å². The van der Waals surface area contributed by atoms with E-state index in [0.29, 0.717) is 5.25 Å². The molecular weight excluding hydrogens is 262 g/mol. The molecule has 2 nitrogen and oxygen atoms in total. The zero-order chi connectivity index (χ0) is 13.0. The van der Waals surface area contributed by atoms with E-state index < -0.39 is 0 Å². The highest BCUT2D eigenvalue weighted by molar-refractivity contribution is 8.01. The van der Waals surface area contributed by atoms with Crippen LogP contribution in [0.15, 0.2) is 46.0 Å². The van der Waals surface area contributed by atoms with Crippen molar-refractivity contribution in [2.24, 2.45) is 5.73 Å². The van der Waals surface area contributed by atoms with Crippen molar-refractivity contribution in [1.29, 1.82) is 0 Å². The molecule has 2 atom stereocenters. The van der Waals surface area contributed by atoms with Gasteiger partial charge >= 0.3 is 0 Å². The van der Waals surface area contributed by atoms with Gasteiger partial charge in [-0.3, -0.25) is 0 Å². The van der Waals surface area contributed by atoms with Crippen LogP contribution in [0, 0.1) is 0 Å². The third kappa shape index (κ3) is 3.28. The van der Waals surface area contributed by atoms with Crippen LogP contribution in [0.3, 0.4) is 0 Å². The zero-order valence-corrected chi connectivity index (χ0v) is 12.1. The van der Waals surface area contributed by atoms with Gasteiger partial charge in [0, 0.05) is 11.3 Å². The van der Waals surface area contributed by atoms with E-state index in [1.807, 2.05) is 36.0 Å². The highest BCUT2D eigenvalue weighted by Crippen LogP contribution is 2.33. The van der Waals surface area contributed by atoms with Crippen LogP contribution in [0.1, 0.15) is 18.5 Å². The normalized spacial score (nSPS) is 14.2. The van der Waals surface area contributed by atoms with Crippen LogP contribution in [0.4, 0.5) is 0 Å². The van der Waals surface area contributed by atoms with Gasteiger partial charge in [-0.25, -0.2) is 0 Å². The topological polar surface area (TPSA) is 35.2 Å². The maximum Gasteiger partial charge on any atom is 0.118 e. The lowest BCUT2D eigenvalue weighted by molar-refractivity contribution is 0.414. The van der Waals surface area contributed by atoms with Crippen LogP contribution < -0.4 is 10.5 Å². The van der Waals surface area contributed by atoms with Crippen molar-refractivity contribution < 1.29 is 4.74 Å². The maximum absolute atomic E-state index is 6.29. The smallest absolute Gasteiger partial charge is 0.118 e. The number of hydrogen-bond acceptors (Lipinski definition) is 4. The third-order valence-corrected chi connectivity index (χ3v) is 5.08. The van der Waals surface area contributed by atoms with E-state index in [0.717, 1.165) is 11.3 Å². The molecule has 2 N–H and O–H groups in total. The van der Waals surface area contributed by atoms with E-state index >= 15 is 0 Å². The molecule has 1 heterocycles. The van der Waals surface area contributed by atoms with Crippen LogP contribution in [-0.2, 0) is 0 Å². The predicted molar refractivity (Wildman–Crippen MR) is 79.6 cm³/mol. The molecule has 0 fully saturated rings. The molecule has 0 radical (unpaired) electrons. The summed E-state index contributed by atoms with van der Waals surface area (Å²) in [6.45, 7) is 2.17. The van der Waals surface area contributed by atoms with Gasteiger partial charge in [0.2, 0.25) is 0 Å². The fourth-order valence-corrected chi connectivity index (χ4v) is 3.80. The Morgan fingerprint density at radius 2 is 1.94 bits per heavy atom. The van der Waals surface area contributed by atoms with E-state index in [1.54, 1.807) is 18.4 Å². The van der Waals surface area contributed by atoms with Gasteiger partial charge in [-0.15, -0.1) is 23.1 Å². The van der Waals surface area contributed by atoms with Crippen LogP contribution >= 0.6 is 23.1 Å². The summed E-state index contributed by atoms with van der Waals surface area (Å²) in [6.07, 6.45) is 0. The number of thiophene rings is 1. The minimum atomic E-state index is 0.0306. The van der Waals surface area contributed by atoms with E-state index in [1.165, 1.54) is 4.21 Å². The van der Waals surface area contributed by atoms with Gasteiger partial charge in [-0.05, 0) is 29.1 Å². The summed E-state index contributed by atoms with van der Waals surface area (Å²) >= 11 is 3.58. The standard InChI is InChI=1S/C14H17NOS2/c1-10(18-13-4-3-9-17-13)14(15)11-5-7-12(16-2)8-6-11/h3-10,14H,15H2,1-2H3. The molecule has 18 heavy (non-hydrogen) atoms. The summed E-state index contributed by atoms with van der Waals surface area (Å²) in [5.41, 5.74) is 7.44. The molecular formula is C14H17NOS2. The number of nitrogens with two attached hydrogens (primary N) is 1. The Balaban J connectivity index is 2.02. The Kier molecular flexibility index (Phi) is 4.69. The highest BCUT2D eigenvalue weighted by atomic mass is 32.2. The quantitative estimate of drug-likeness (QED) is 0.842. The Hall–Kier alpha value is -0.970. The Morgan fingerprint density at radius 1 is 1.22 bits per heavy atom. The van der Waals surface area contributed by atoms with Crippen LogP contribution in [0.5, 0.6) is 5.75 Å². The summed E-state index contributed by atoms with van der Waals surface area (Å²) in [5.74, 6) is 0.865. The van der Waals surface area contributed by atoms with E-state index in [-0.39, 0.29) is 6.04 Å². The summed E-state index contributed by atoms with van der Waals surface area (Å²) < 4.78 is 6.46. The molecule has 0 aliphatic heterocycles. The van der Waals surface area contributed by atoms with Crippen molar-refractivity contribution in [1.82, 2.24) is 0 Å². The number of hydrogen-bond donors (Lipinski definition) is 1. The average Bonchev–Trinajstić information content (AvgIpc) is 2.91. The minimum Gasteiger partial charge on any atom is -0.497 e. The summed E-state index contributed by atoms with van der Waals surface area (Å²) in [6, 6.07) is 12.2. The second-order valence-electron chi connectivity index (χ2n) is 4.05. The minimum absolute atomic E-state index is 0.0306. The molecule has 2 rings (SSSR count). The Labute approximate surface area is 116 Å². The molecule has 2 aromatic rings. The molecule has 2 unspecified atom stereocenters. The Bertz CT molecular complexity index is 467. The number of benzene rings is 1. The first-order valence-electron chi connectivity index (χ1n) is 5.80. The summed E-state index contributed by atoms with van der Waals surface area (Å²) in [7, 11) is 1.67. The fraction of sp³-hybridized carbons (Fsp3) is 0.286. The van der Waals surface area contributed by atoms with Crippen molar-refractivity contribution in [3.05, 3.63) is 47.3 Å². The monoisotopic (exact) mass is 279 g/mol. The first-order valence-corrected chi connectivity index (χ1v) is 7.56. The van der Waals surface area contributed by atoms with Crippen LogP contribution in [0.2, 0.25) is 0 Å². The van der Waals surface area contributed by atoms with E-state index in [9.17, 15) is 0 Å². The van der Waals surface area contributed by atoms with Crippen molar-refractivity contribution in [3.63, 3.8) is 0 Å². The molecule has 1 aromatic carbocycles. The summed E-state index contributed by atoms with van der Waals surface area (Å²) in [4.78, 5) is 0. The second kappa shape index (κ2) is 6.27. The molecule has 0 saturated carbocycles. The molecule has 1 aromatic heterocycles. The van der Waals surface area contributed by atoms with Gasteiger partial charge in [0.25, 0.3) is 0 Å². The average molecular weight is 279 g/mol. The largest absolute Gasteiger partial charge is 0.497 e. The van der Waals surface area contributed by atoms with Crippen molar-refractivity contribution in [3.8, 4) is 5.75 Å². The molecule has 0 bridgehead atoms. The SMILES string of the molecule is COc1ccc(C(N)C(C)Sc2cccs2)cc1. The Morgan fingerprint density at radius 3 is 2.50 bits per heavy atom. The molecule has 96 valence electrons. The van der Waals surface area contributed by atoms with Gasteiger partial charge in [0.15, 0.2) is 0 Å². The molecule has 0 saturated heterocycles. The van der Waals surface area contributed by atoms with Crippen molar-refractivity contribution >= 4 is 23.1 Å². The summed E-state index contributed by atoms with van der Waals surface area (Å²) in [5, 5.41) is 2.44. The van der Waals surface area contributed by atoms with Gasteiger partial charge in [0.05, 0.1) is 11.3 Å². The fourth-order valence-electron chi connectivity index (χ4n) is 1.68. The van der Waals surface area contributed by atoms with Crippen molar-refractivity contribution in [2.75, 3.05) is 7.11 Å².